The van der Waals surface area contributed by atoms with E-state index in [1.165, 1.54) is 24.3 Å². The highest BCUT2D eigenvalue weighted by atomic mass is 35.5. The molecule has 11 heteroatoms. The lowest BCUT2D eigenvalue weighted by Gasteiger charge is -2.30. The Morgan fingerprint density at radius 3 is 2.36 bits per heavy atom. The molecule has 0 bridgehead atoms. The van der Waals surface area contributed by atoms with Crippen LogP contribution in [-0.4, -0.2) is 53.7 Å². The highest BCUT2D eigenvalue weighted by Crippen LogP contribution is 2.35. The number of ether oxygens (including phenoxy) is 1. The number of nitrogens with one attached hydrogen (secondary N) is 1. The molecule has 2 fully saturated rings. The first kappa shape index (κ1) is 30.2. The molecule has 0 radical (unpaired) electrons. The minimum Gasteiger partial charge on any atom is -0.457 e. The third-order valence-electron chi connectivity index (χ3n) is 8.77. The van der Waals surface area contributed by atoms with Gasteiger partial charge in [0.15, 0.2) is 0 Å². The van der Waals surface area contributed by atoms with Crippen LogP contribution >= 0.6 is 11.6 Å². The van der Waals surface area contributed by atoms with Crippen LogP contribution < -0.4 is 10.5 Å². The molecule has 230 valence electrons. The molecule has 4 aromatic rings. The first-order valence-corrected chi connectivity index (χ1v) is 16.7. The van der Waals surface area contributed by atoms with E-state index in [4.69, 9.17) is 22.1 Å². The van der Waals surface area contributed by atoms with Gasteiger partial charge in [-0.25, -0.2) is 17.5 Å². The highest BCUT2D eigenvalue weighted by Gasteiger charge is 2.52. The molecule has 2 heterocycles. The van der Waals surface area contributed by atoms with Crippen LogP contribution in [0.2, 0.25) is 5.02 Å². The molecular weight excluding hydrogens is 600 g/mol. The standard InChI is InChI=1S/C33H35ClN4O5S/c1-21-4-2-7-29-24(19-36-31(21)29)17-30-32(39)37(20-23-6-3-5-22(16-23)18-35)33(40)38(30)44(41,42)28-14-12-27(13-15-28)43-26-10-8-25(34)9-11-26/h2,4,7-15,19,22-23,30,36H,3,5-6,16-18,20,35H2,1H3. The molecular formula is C33H35ClN4O5S. The summed E-state index contributed by atoms with van der Waals surface area (Å²) in [6.45, 7) is 2.71. The van der Waals surface area contributed by atoms with Gasteiger partial charge in [0, 0.05) is 35.1 Å². The fraction of sp³-hybridized carbons (Fsp3) is 0.333. The minimum atomic E-state index is -4.40. The lowest BCUT2D eigenvalue weighted by Crippen LogP contribution is -2.41. The molecule has 1 saturated heterocycles. The summed E-state index contributed by atoms with van der Waals surface area (Å²) in [5, 5.41) is 1.46. The molecule has 1 aliphatic heterocycles. The molecule has 6 rings (SSSR count). The van der Waals surface area contributed by atoms with E-state index >= 15 is 0 Å². The SMILES string of the molecule is Cc1cccc2c(CC3C(=O)N(CC4CCCC(CN)C4)C(=O)N3S(=O)(=O)c3ccc(Oc4ccc(Cl)cc4)cc3)c[nH]c12. The van der Waals surface area contributed by atoms with Crippen molar-refractivity contribution in [1.29, 1.82) is 0 Å². The summed E-state index contributed by atoms with van der Waals surface area (Å²) in [4.78, 5) is 32.2. The summed E-state index contributed by atoms with van der Waals surface area (Å²) in [7, 11) is -4.40. The number of carbonyl (C=O) groups excluding carboxylic acids is 2. The summed E-state index contributed by atoms with van der Waals surface area (Å²) < 4.78 is 34.9. The number of hydrogen-bond acceptors (Lipinski definition) is 6. The number of aryl methyl sites for hydroxylation is 1. The number of nitrogens with two attached hydrogens (primary N) is 1. The van der Waals surface area contributed by atoms with Gasteiger partial charge in [0.05, 0.1) is 4.90 Å². The van der Waals surface area contributed by atoms with Gasteiger partial charge < -0.3 is 15.5 Å². The normalized spacial score (nSPS) is 20.9. The number of sulfonamides is 1. The Kier molecular flexibility index (Phi) is 8.41. The highest BCUT2D eigenvalue weighted by molar-refractivity contribution is 7.89. The average molecular weight is 635 g/mol. The molecule has 0 spiro atoms. The van der Waals surface area contributed by atoms with Crippen LogP contribution in [0.4, 0.5) is 4.79 Å². The van der Waals surface area contributed by atoms with E-state index in [0.29, 0.717) is 29.0 Å². The van der Waals surface area contributed by atoms with Crippen LogP contribution in [0, 0.1) is 18.8 Å². The second-order valence-electron chi connectivity index (χ2n) is 11.7. The Morgan fingerprint density at radius 1 is 0.977 bits per heavy atom. The van der Waals surface area contributed by atoms with Gasteiger partial charge in [-0.1, -0.05) is 36.2 Å². The topological polar surface area (TPSA) is 126 Å². The Morgan fingerprint density at radius 2 is 1.66 bits per heavy atom. The van der Waals surface area contributed by atoms with Crippen LogP contribution in [0.3, 0.4) is 0 Å². The van der Waals surface area contributed by atoms with E-state index in [9.17, 15) is 18.0 Å². The van der Waals surface area contributed by atoms with Crippen molar-refractivity contribution in [3.8, 4) is 11.5 Å². The zero-order valence-corrected chi connectivity index (χ0v) is 26.0. The third kappa shape index (κ3) is 5.81. The first-order valence-electron chi connectivity index (χ1n) is 14.8. The Balaban J connectivity index is 1.31. The number of benzene rings is 3. The summed E-state index contributed by atoms with van der Waals surface area (Å²) in [5.41, 5.74) is 8.64. The van der Waals surface area contributed by atoms with Crippen LogP contribution in [0.25, 0.3) is 10.9 Å². The number of imide groups is 1. The number of urea groups is 1. The van der Waals surface area contributed by atoms with E-state index in [-0.39, 0.29) is 23.8 Å². The van der Waals surface area contributed by atoms with E-state index in [0.717, 1.165) is 56.9 Å². The Labute approximate surface area is 262 Å². The molecule has 9 nitrogen and oxygen atoms in total. The van der Waals surface area contributed by atoms with Gasteiger partial charge in [-0.3, -0.25) is 9.69 Å². The monoisotopic (exact) mass is 634 g/mol. The van der Waals surface area contributed by atoms with Gasteiger partial charge in [-0.05, 0) is 104 Å². The van der Waals surface area contributed by atoms with Crippen LogP contribution in [0.1, 0.15) is 36.8 Å². The number of amides is 3. The lowest BCUT2D eigenvalue weighted by molar-refractivity contribution is -0.128. The van der Waals surface area contributed by atoms with Crippen molar-refractivity contribution in [2.75, 3.05) is 13.1 Å². The van der Waals surface area contributed by atoms with E-state index in [2.05, 4.69) is 4.98 Å². The summed E-state index contributed by atoms with van der Waals surface area (Å²) in [5.74, 6) is 0.857. The van der Waals surface area contributed by atoms with Crippen molar-refractivity contribution >= 4 is 44.5 Å². The zero-order valence-electron chi connectivity index (χ0n) is 24.4. The second kappa shape index (κ2) is 12.3. The van der Waals surface area contributed by atoms with Gasteiger partial charge in [0.1, 0.15) is 17.5 Å². The molecule has 1 aromatic heterocycles. The molecule has 44 heavy (non-hydrogen) atoms. The van der Waals surface area contributed by atoms with Crippen LogP contribution in [-0.2, 0) is 21.2 Å². The van der Waals surface area contributed by atoms with Gasteiger partial charge in [-0.2, -0.15) is 0 Å². The van der Waals surface area contributed by atoms with Crippen LogP contribution in [0.5, 0.6) is 11.5 Å². The van der Waals surface area contributed by atoms with Crippen LogP contribution in [0.15, 0.2) is 77.8 Å². The molecule has 1 aliphatic carbocycles. The van der Waals surface area contributed by atoms with E-state index in [1.54, 1.807) is 30.5 Å². The number of rotatable bonds is 9. The number of hydrogen-bond donors (Lipinski definition) is 2. The largest absolute Gasteiger partial charge is 0.457 e. The lowest BCUT2D eigenvalue weighted by atomic mass is 9.81. The van der Waals surface area contributed by atoms with E-state index < -0.39 is 28.0 Å². The fourth-order valence-corrected chi connectivity index (χ4v) is 8.09. The minimum absolute atomic E-state index is 0.0532. The van der Waals surface area contributed by atoms with Gasteiger partial charge >= 0.3 is 6.03 Å². The van der Waals surface area contributed by atoms with Crippen molar-refractivity contribution in [1.82, 2.24) is 14.2 Å². The number of nitrogens with zero attached hydrogens (tertiary/aromatic N) is 2. The number of para-hydroxylation sites is 1. The fourth-order valence-electron chi connectivity index (χ4n) is 6.45. The summed E-state index contributed by atoms with van der Waals surface area (Å²) in [6.07, 6.45) is 5.50. The summed E-state index contributed by atoms with van der Waals surface area (Å²) in [6, 6.07) is 16.4. The smallest absolute Gasteiger partial charge is 0.341 e. The predicted octanol–water partition coefficient (Wildman–Crippen LogP) is 6.25. The predicted molar refractivity (Wildman–Crippen MR) is 169 cm³/mol. The number of fused-ring (bicyclic) bond motifs is 1. The molecule has 2 aliphatic rings. The molecule has 1 saturated carbocycles. The quantitative estimate of drug-likeness (QED) is 0.210. The number of halogens is 1. The third-order valence-corrected chi connectivity index (χ3v) is 10.8. The Bertz CT molecular complexity index is 1790. The average Bonchev–Trinajstić information content (AvgIpc) is 3.54. The number of carbonyl (C=O) groups is 2. The first-order chi connectivity index (χ1) is 21.2. The Hall–Kier alpha value is -3.86. The number of H-pyrrole nitrogens is 1. The maximum Gasteiger partial charge on any atom is 0.341 e. The summed E-state index contributed by atoms with van der Waals surface area (Å²) >= 11 is 5.95. The maximum absolute atomic E-state index is 14.1. The second-order valence-corrected chi connectivity index (χ2v) is 14.0. The van der Waals surface area contributed by atoms with Crippen molar-refractivity contribution in [2.24, 2.45) is 17.6 Å². The van der Waals surface area contributed by atoms with Crippen molar-refractivity contribution in [2.45, 2.75) is 50.0 Å². The van der Waals surface area contributed by atoms with Crippen molar-refractivity contribution in [3.05, 3.63) is 89.1 Å². The maximum atomic E-state index is 14.1. The molecule has 3 unspecified atom stereocenters. The van der Waals surface area contributed by atoms with E-state index in [1.807, 2.05) is 25.1 Å². The number of aromatic nitrogens is 1. The van der Waals surface area contributed by atoms with Gasteiger partial charge in [0.2, 0.25) is 0 Å². The van der Waals surface area contributed by atoms with Gasteiger partial charge in [0.25, 0.3) is 15.9 Å². The van der Waals surface area contributed by atoms with Crippen molar-refractivity contribution in [3.63, 3.8) is 0 Å². The molecule has 3 aromatic carbocycles. The molecule has 3 amide bonds. The number of aromatic amines is 1. The molecule has 3 atom stereocenters. The zero-order chi connectivity index (χ0) is 31.0. The molecule has 3 N–H and O–H groups in total. The van der Waals surface area contributed by atoms with Gasteiger partial charge in [-0.15, -0.1) is 0 Å². The van der Waals surface area contributed by atoms with Crippen molar-refractivity contribution < 1.29 is 22.7 Å².